The molecular weight excluding hydrogens is 435 g/mol. The van der Waals surface area contributed by atoms with E-state index in [9.17, 15) is 18.0 Å². The third-order valence-electron chi connectivity index (χ3n) is 4.96. The first-order chi connectivity index (χ1) is 15.5. The molecule has 10 heteroatoms. The van der Waals surface area contributed by atoms with Crippen molar-refractivity contribution >= 4 is 11.6 Å². The fourth-order valence-corrected chi connectivity index (χ4v) is 3.08. The Balaban J connectivity index is 1.47. The Morgan fingerprint density at radius 2 is 1.91 bits per heavy atom. The molecule has 0 unspecified atom stereocenters. The topological polar surface area (TPSA) is 78.5 Å². The lowest BCUT2D eigenvalue weighted by atomic mass is 9.87. The largest absolute Gasteiger partial charge is 0.468 e. The first kappa shape index (κ1) is 24.5. The van der Waals surface area contributed by atoms with Gasteiger partial charge < -0.3 is 15.5 Å². The van der Waals surface area contributed by atoms with Crippen LogP contribution in [0.2, 0.25) is 0 Å². The van der Waals surface area contributed by atoms with Crippen LogP contribution in [-0.2, 0) is 16.8 Å². The molecule has 1 aromatic heterocycles. The monoisotopic (exact) mass is 463 g/mol. The summed E-state index contributed by atoms with van der Waals surface area (Å²) in [5.41, 5.74) is 9.39. The molecule has 0 radical (unpaired) electrons. The maximum atomic E-state index is 12.5. The highest BCUT2D eigenvalue weighted by Crippen LogP contribution is 2.24. The summed E-state index contributed by atoms with van der Waals surface area (Å²) in [6.07, 6.45) is -0.884. The van der Waals surface area contributed by atoms with E-state index < -0.39 is 12.8 Å². The van der Waals surface area contributed by atoms with Crippen molar-refractivity contribution in [3.8, 4) is 5.88 Å². The Hall–Kier alpha value is -3.11. The number of aromatic nitrogens is 1. The zero-order chi connectivity index (χ0) is 24.1. The van der Waals surface area contributed by atoms with E-state index in [0.717, 1.165) is 5.69 Å². The average Bonchev–Trinajstić information content (AvgIpc) is 2.76. The molecule has 0 fully saturated rings. The number of anilines is 1. The van der Waals surface area contributed by atoms with E-state index >= 15 is 0 Å². The third kappa shape index (κ3) is 7.76. The Kier molecular flexibility index (Phi) is 7.60. The highest BCUT2D eigenvalue weighted by molar-refractivity contribution is 6.03. The number of alkyl halides is 3. The molecule has 33 heavy (non-hydrogen) atoms. The standard InChI is InChI=1S/C23H28F3N5O2/c1-22(2,3)18-4-6-19(7-5-18)30-21(32)17-9-11-31(29-14-17)28-13-16-8-10-27-20(12-16)33-15-23(24,25)26/h4-8,10,12,14,28-29H,9,11,13,15H2,1-3H3,(H,30,32). The second-order valence-electron chi connectivity index (χ2n) is 8.72. The highest BCUT2D eigenvalue weighted by atomic mass is 19.4. The first-order valence-corrected chi connectivity index (χ1v) is 10.5. The zero-order valence-electron chi connectivity index (χ0n) is 18.8. The minimum absolute atomic E-state index is 0.0444. The van der Waals surface area contributed by atoms with Crippen molar-refractivity contribution in [1.82, 2.24) is 21.0 Å². The van der Waals surface area contributed by atoms with Crippen molar-refractivity contribution in [2.75, 3.05) is 18.5 Å². The Bertz CT molecular complexity index is 985. The predicted molar refractivity (Wildman–Crippen MR) is 119 cm³/mol. The first-order valence-electron chi connectivity index (χ1n) is 10.5. The number of nitrogens with zero attached hydrogens (tertiary/aromatic N) is 2. The molecule has 178 valence electrons. The number of pyridine rings is 1. The lowest BCUT2D eigenvalue weighted by Gasteiger charge is -2.27. The fraction of sp³-hybridized carbons (Fsp3) is 0.391. The number of hydrazine groups is 2. The number of amides is 1. The normalized spacial score (nSPS) is 14.9. The van der Waals surface area contributed by atoms with Gasteiger partial charge in [-0.15, -0.1) is 0 Å². The number of hydrogen-bond acceptors (Lipinski definition) is 6. The molecule has 0 spiro atoms. The van der Waals surface area contributed by atoms with Crippen molar-refractivity contribution in [2.45, 2.75) is 45.3 Å². The van der Waals surface area contributed by atoms with Gasteiger partial charge in [0.2, 0.25) is 5.88 Å². The maximum absolute atomic E-state index is 12.5. The molecule has 1 aliphatic rings. The van der Waals surface area contributed by atoms with Gasteiger partial charge in [0.1, 0.15) is 0 Å². The average molecular weight is 464 g/mol. The molecule has 0 saturated carbocycles. The number of halogens is 3. The van der Waals surface area contributed by atoms with Gasteiger partial charge in [0.25, 0.3) is 5.91 Å². The van der Waals surface area contributed by atoms with Crippen LogP contribution in [0.15, 0.2) is 54.4 Å². The van der Waals surface area contributed by atoms with Crippen LogP contribution in [0.1, 0.15) is 38.3 Å². The summed E-state index contributed by atoms with van der Waals surface area (Å²) < 4.78 is 41.5. The SMILES string of the molecule is CC(C)(C)c1ccc(NC(=O)C2=CNN(NCc3ccnc(OCC(F)(F)F)c3)CC2)cc1. The summed E-state index contributed by atoms with van der Waals surface area (Å²) >= 11 is 0. The minimum atomic E-state index is -4.42. The van der Waals surface area contributed by atoms with Crippen molar-refractivity contribution in [3.63, 3.8) is 0 Å². The van der Waals surface area contributed by atoms with Gasteiger partial charge in [-0.1, -0.05) is 32.9 Å². The lowest BCUT2D eigenvalue weighted by molar-refractivity contribution is -0.154. The van der Waals surface area contributed by atoms with Gasteiger partial charge in [0.05, 0.1) is 0 Å². The van der Waals surface area contributed by atoms with Crippen molar-refractivity contribution in [3.05, 3.63) is 65.5 Å². The molecule has 2 heterocycles. The predicted octanol–water partition coefficient (Wildman–Crippen LogP) is 4.06. The Labute approximate surface area is 191 Å². The van der Waals surface area contributed by atoms with E-state index in [1.807, 2.05) is 24.3 Å². The Morgan fingerprint density at radius 1 is 1.18 bits per heavy atom. The van der Waals surface area contributed by atoms with Crippen LogP contribution in [0.4, 0.5) is 18.9 Å². The van der Waals surface area contributed by atoms with Crippen LogP contribution in [0.3, 0.4) is 0 Å². The number of hydrogen-bond donors (Lipinski definition) is 3. The number of nitrogens with one attached hydrogen (secondary N) is 3. The summed E-state index contributed by atoms with van der Waals surface area (Å²) in [5, 5.41) is 4.60. The van der Waals surface area contributed by atoms with Gasteiger partial charge >= 0.3 is 6.18 Å². The van der Waals surface area contributed by atoms with E-state index in [4.69, 9.17) is 0 Å². The van der Waals surface area contributed by atoms with Crippen molar-refractivity contribution in [2.24, 2.45) is 0 Å². The summed E-state index contributed by atoms with van der Waals surface area (Å²) in [6, 6.07) is 10.9. The number of rotatable bonds is 7. The lowest BCUT2D eigenvalue weighted by Crippen LogP contribution is -2.48. The van der Waals surface area contributed by atoms with E-state index in [-0.39, 0.29) is 17.2 Å². The molecular formula is C23H28F3N5O2. The minimum Gasteiger partial charge on any atom is -0.468 e. The summed E-state index contributed by atoms with van der Waals surface area (Å²) in [7, 11) is 0. The maximum Gasteiger partial charge on any atom is 0.422 e. The van der Waals surface area contributed by atoms with Gasteiger partial charge in [0, 0.05) is 42.8 Å². The smallest absolute Gasteiger partial charge is 0.422 e. The summed E-state index contributed by atoms with van der Waals surface area (Å²) in [5.74, 6) is -0.265. The molecule has 1 aromatic carbocycles. The van der Waals surface area contributed by atoms with Crippen molar-refractivity contribution in [1.29, 1.82) is 0 Å². The molecule has 0 saturated heterocycles. The quantitative estimate of drug-likeness (QED) is 0.575. The van der Waals surface area contributed by atoms with Gasteiger partial charge in [0.15, 0.2) is 6.61 Å². The van der Waals surface area contributed by atoms with E-state index in [0.29, 0.717) is 30.6 Å². The zero-order valence-corrected chi connectivity index (χ0v) is 18.8. The number of ether oxygens (including phenoxy) is 1. The van der Waals surface area contributed by atoms with E-state index in [1.165, 1.54) is 17.8 Å². The molecule has 1 aliphatic heterocycles. The molecule has 0 bridgehead atoms. The number of carbonyl (C=O) groups is 1. The summed E-state index contributed by atoms with van der Waals surface area (Å²) in [4.78, 5) is 16.3. The van der Waals surface area contributed by atoms with Crippen molar-refractivity contribution < 1.29 is 22.7 Å². The van der Waals surface area contributed by atoms with Crippen LogP contribution < -0.4 is 20.9 Å². The second kappa shape index (κ2) is 10.2. The van der Waals surface area contributed by atoms with Crippen LogP contribution >= 0.6 is 0 Å². The Morgan fingerprint density at radius 3 is 2.52 bits per heavy atom. The molecule has 0 atom stereocenters. The molecule has 3 rings (SSSR count). The van der Waals surface area contributed by atoms with Gasteiger partial charge in [-0.05, 0) is 41.2 Å². The van der Waals surface area contributed by atoms with E-state index in [2.05, 4.69) is 46.7 Å². The molecule has 3 N–H and O–H groups in total. The van der Waals surface area contributed by atoms with Crippen LogP contribution in [0, 0.1) is 0 Å². The number of benzene rings is 1. The second-order valence-corrected chi connectivity index (χ2v) is 8.72. The highest BCUT2D eigenvalue weighted by Gasteiger charge is 2.28. The number of carbonyl (C=O) groups excluding carboxylic acids is 1. The molecule has 7 nitrogen and oxygen atoms in total. The van der Waals surface area contributed by atoms with Crippen LogP contribution in [0.5, 0.6) is 5.88 Å². The van der Waals surface area contributed by atoms with Gasteiger partial charge in [-0.25, -0.2) is 10.4 Å². The summed E-state index contributed by atoms with van der Waals surface area (Å²) in [6.45, 7) is 5.87. The molecule has 0 aliphatic carbocycles. The van der Waals surface area contributed by atoms with Crippen LogP contribution in [-0.4, -0.2) is 35.3 Å². The van der Waals surface area contributed by atoms with E-state index in [1.54, 1.807) is 17.4 Å². The molecule has 1 amide bonds. The van der Waals surface area contributed by atoms with Gasteiger partial charge in [-0.3, -0.25) is 4.79 Å². The molecule has 2 aromatic rings. The third-order valence-corrected chi connectivity index (χ3v) is 4.96. The fourth-order valence-electron chi connectivity index (χ4n) is 3.08. The van der Waals surface area contributed by atoms with Crippen LogP contribution in [0.25, 0.3) is 0 Å². The van der Waals surface area contributed by atoms with Gasteiger partial charge in [-0.2, -0.15) is 18.3 Å².